The lowest BCUT2D eigenvalue weighted by Gasteiger charge is -2.11. The van der Waals surface area contributed by atoms with Gasteiger partial charge in [-0.3, -0.25) is 4.79 Å². The van der Waals surface area contributed by atoms with Gasteiger partial charge in [0.25, 0.3) is 5.91 Å². The van der Waals surface area contributed by atoms with Gasteiger partial charge in [0.15, 0.2) is 12.3 Å². The van der Waals surface area contributed by atoms with E-state index in [2.05, 4.69) is 10.4 Å². The van der Waals surface area contributed by atoms with Crippen molar-refractivity contribution in [3.05, 3.63) is 70.4 Å². The van der Waals surface area contributed by atoms with Gasteiger partial charge in [0, 0.05) is 17.0 Å². The zero-order chi connectivity index (χ0) is 25.9. The first-order valence-electron chi connectivity index (χ1n) is 10.4. The molecule has 0 atom stereocenters. The number of hydrogen-bond acceptors (Lipinski definition) is 7. The largest absolute Gasteiger partial charge is 0.467 e. The predicted molar refractivity (Wildman–Crippen MR) is 126 cm³/mol. The van der Waals surface area contributed by atoms with Crippen LogP contribution in [0, 0.1) is 0 Å². The maximum Gasteiger partial charge on any atom is 0.435 e. The van der Waals surface area contributed by atoms with Crippen molar-refractivity contribution in [2.24, 2.45) is 0 Å². The zero-order valence-electron chi connectivity index (χ0n) is 18.5. The molecule has 0 aliphatic heterocycles. The number of ether oxygens (including phenoxy) is 2. The van der Waals surface area contributed by atoms with Crippen molar-refractivity contribution >= 4 is 39.8 Å². The number of aromatic nitrogens is 2. The lowest BCUT2D eigenvalue weighted by molar-refractivity contribution is -0.141. The topological polar surface area (TPSA) is 95.6 Å². The number of furan rings is 1. The monoisotopic (exact) mass is 539 g/mol. The Morgan fingerprint density at radius 3 is 2.67 bits per heavy atom. The normalized spacial score (nSPS) is 11.4. The molecule has 36 heavy (non-hydrogen) atoms. The van der Waals surface area contributed by atoms with E-state index in [1.165, 1.54) is 18.4 Å². The molecule has 0 saturated carbocycles. The average molecular weight is 540 g/mol. The van der Waals surface area contributed by atoms with Crippen LogP contribution < -0.4 is 10.1 Å². The van der Waals surface area contributed by atoms with E-state index >= 15 is 0 Å². The van der Waals surface area contributed by atoms with E-state index in [9.17, 15) is 22.8 Å². The number of esters is 1. The lowest BCUT2D eigenvalue weighted by Crippen LogP contribution is -2.22. The fourth-order valence-corrected chi connectivity index (χ4v) is 4.34. The molecule has 3 heterocycles. The minimum absolute atomic E-state index is 0.0885. The Bertz CT molecular complexity index is 1380. The van der Waals surface area contributed by atoms with E-state index < -0.39 is 30.4 Å². The van der Waals surface area contributed by atoms with Crippen LogP contribution in [0.25, 0.3) is 17.0 Å². The van der Waals surface area contributed by atoms with Crippen LogP contribution in [0.3, 0.4) is 0 Å². The summed E-state index contributed by atoms with van der Waals surface area (Å²) in [6.45, 7) is 1.07. The molecule has 0 aliphatic carbocycles. The van der Waals surface area contributed by atoms with Crippen molar-refractivity contribution in [3.63, 3.8) is 0 Å². The Balaban J connectivity index is 1.57. The fourth-order valence-electron chi connectivity index (χ4n) is 3.17. The summed E-state index contributed by atoms with van der Waals surface area (Å²) in [7, 11) is 0. The molecule has 188 valence electrons. The minimum Gasteiger partial charge on any atom is -0.467 e. The first-order valence-corrected chi connectivity index (χ1v) is 11.6. The summed E-state index contributed by atoms with van der Waals surface area (Å²) in [4.78, 5) is 25.2. The molecule has 0 spiro atoms. The van der Waals surface area contributed by atoms with Crippen LogP contribution in [0.15, 0.2) is 58.5 Å². The molecule has 13 heteroatoms. The number of benzene rings is 1. The van der Waals surface area contributed by atoms with Gasteiger partial charge in [-0.1, -0.05) is 23.7 Å². The summed E-state index contributed by atoms with van der Waals surface area (Å²) in [6, 6.07) is 10.1. The molecule has 1 N–H and O–H groups in total. The van der Waals surface area contributed by atoms with Gasteiger partial charge in [-0.15, -0.1) is 11.3 Å². The Morgan fingerprint density at radius 2 is 2.00 bits per heavy atom. The van der Waals surface area contributed by atoms with Crippen molar-refractivity contribution in [1.29, 1.82) is 0 Å². The highest BCUT2D eigenvalue weighted by atomic mass is 35.5. The first-order chi connectivity index (χ1) is 17.2. The predicted octanol–water partition coefficient (Wildman–Crippen LogP) is 6.06. The third kappa shape index (κ3) is 5.39. The third-order valence-corrected chi connectivity index (χ3v) is 5.92. The summed E-state index contributed by atoms with van der Waals surface area (Å²) in [5.74, 6) is -1.35. The Kier molecular flexibility index (Phi) is 7.36. The number of rotatable bonds is 8. The van der Waals surface area contributed by atoms with Crippen LogP contribution in [-0.2, 0) is 15.7 Å². The van der Waals surface area contributed by atoms with E-state index in [1.54, 1.807) is 36.6 Å². The van der Waals surface area contributed by atoms with Crippen LogP contribution in [0.4, 0.5) is 18.2 Å². The first kappa shape index (κ1) is 25.3. The van der Waals surface area contributed by atoms with Crippen molar-refractivity contribution in [1.82, 2.24) is 9.78 Å². The molecule has 3 aromatic heterocycles. The quantitative estimate of drug-likeness (QED) is 0.273. The fraction of sp³-hybridized carbons (Fsp3) is 0.174. The van der Waals surface area contributed by atoms with Gasteiger partial charge in [0.2, 0.25) is 5.88 Å². The Morgan fingerprint density at radius 1 is 1.22 bits per heavy atom. The second kappa shape index (κ2) is 10.5. The van der Waals surface area contributed by atoms with E-state index in [4.69, 9.17) is 25.5 Å². The molecule has 0 unspecified atom stereocenters. The number of halogens is 4. The van der Waals surface area contributed by atoms with Crippen LogP contribution in [0.1, 0.15) is 23.0 Å². The molecule has 4 rings (SSSR count). The number of alkyl halides is 3. The highest BCUT2D eigenvalue weighted by Crippen LogP contribution is 2.37. The van der Waals surface area contributed by atoms with Crippen LogP contribution in [0.2, 0.25) is 5.02 Å². The van der Waals surface area contributed by atoms with Gasteiger partial charge in [-0.05, 0) is 31.2 Å². The van der Waals surface area contributed by atoms with Gasteiger partial charge in [-0.25, -0.2) is 4.79 Å². The second-order valence-corrected chi connectivity index (χ2v) is 8.40. The number of thiophene rings is 1. The van der Waals surface area contributed by atoms with Gasteiger partial charge in [-0.2, -0.15) is 23.0 Å². The van der Waals surface area contributed by atoms with Gasteiger partial charge >= 0.3 is 12.1 Å². The molecule has 0 radical (unpaired) electrons. The molecule has 1 aromatic carbocycles. The number of hydrogen-bond donors (Lipinski definition) is 1. The number of amides is 1. The Hall–Kier alpha value is -3.77. The number of para-hydroxylation sites is 1. The van der Waals surface area contributed by atoms with Crippen molar-refractivity contribution < 1.29 is 36.7 Å². The smallest absolute Gasteiger partial charge is 0.435 e. The van der Waals surface area contributed by atoms with Gasteiger partial charge in [0.1, 0.15) is 16.3 Å². The van der Waals surface area contributed by atoms with Crippen LogP contribution >= 0.6 is 22.9 Å². The second-order valence-electron chi connectivity index (χ2n) is 7.12. The minimum atomic E-state index is -4.75. The molecule has 0 aliphatic rings. The number of nitrogens with one attached hydrogen (secondary N) is 1. The molecular formula is C23H17ClF3N3O5S. The van der Waals surface area contributed by atoms with Crippen molar-refractivity contribution in [2.45, 2.75) is 13.1 Å². The standard InChI is InChI=1S/C23H17ClF3N3O5S/c1-2-33-22(32)20-13(16-8-5-9-34-16)12-36-21(20)28-18(31)11-35-19-10-17(23(25,26)27)29-30(19)15-7-4-3-6-14(15)24/h3-10,12H,2,11H2,1H3,(H,28,31). The molecule has 1 amide bonds. The summed E-state index contributed by atoms with van der Waals surface area (Å²) >= 11 is 7.17. The van der Waals surface area contributed by atoms with Gasteiger partial charge in [0.05, 0.1) is 23.6 Å². The van der Waals surface area contributed by atoms with E-state index in [-0.39, 0.29) is 33.8 Å². The molecule has 0 saturated heterocycles. The summed E-state index contributed by atoms with van der Waals surface area (Å²) in [5, 5.41) is 8.01. The van der Waals surface area contributed by atoms with Gasteiger partial charge < -0.3 is 19.2 Å². The summed E-state index contributed by atoms with van der Waals surface area (Å²) in [5.41, 5.74) is -0.573. The van der Waals surface area contributed by atoms with E-state index in [0.29, 0.717) is 17.4 Å². The SMILES string of the molecule is CCOC(=O)c1c(-c2ccco2)csc1NC(=O)COc1cc(C(F)(F)F)nn1-c1ccccc1Cl. The zero-order valence-corrected chi connectivity index (χ0v) is 20.0. The molecule has 0 fully saturated rings. The third-order valence-electron chi connectivity index (χ3n) is 4.71. The van der Waals surface area contributed by atoms with Crippen molar-refractivity contribution in [2.75, 3.05) is 18.5 Å². The summed E-state index contributed by atoms with van der Waals surface area (Å²) < 4.78 is 56.6. The van der Waals surface area contributed by atoms with Crippen LogP contribution in [0.5, 0.6) is 5.88 Å². The molecule has 8 nitrogen and oxygen atoms in total. The lowest BCUT2D eigenvalue weighted by atomic mass is 10.1. The Labute approximate surface area is 211 Å². The summed E-state index contributed by atoms with van der Waals surface area (Å²) in [6.07, 6.45) is -3.31. The molecular weight excluding hydrogens is 523 g/mol. The van der Waals surface area contributed by atoms with E-state index in [1.807, 2.05) is 0 Å². The highest BCUT2D eigenvalue weighted by Gasteiger charge is 2.36. The van der Waals surface area contributed by atoms with Crippen LogP contribution in [-0.4, -0.2) is 34.9 Å². The number of carbonyl (C=O) groups excluding carboxylic acids is 2. The van der Waals surface area contributed by atoms with E-state index in [0.717, 1.165) is 16.0 Å². The maximum atomic E-state index is 13.3. The molecule has 0 bridgehead atoms. The number of anilines is 1. The maximum absolute atomic E-state index is 13.3. The highest BCUT2D eigenvalue weighted by molar-refractivity contribution is 7.15. The average Bonchev–Trinajstić information content (AvgIpc) is 3.57. The number of carbonyl (C=O) groups is 2. The molecule has 4 aromatic rings. The number of nitrogens with zero attached hydrogens (tertiary/aromatic N) is 2. The van der Waals surface area contributed by atoms with Crippen molar-refractivity contribution in [3.8, 4) is 22.9 Å².